The van der Waals surface area contributed by atoms with Gasteiger partial charge in [-0.3, -0.25) is 9.89 Å². The average Bonchev–Trinajstić information content (AvgIpc) is 3.13. The Morgan fingerprint density at radius 3 is 2.46 bits per heavy atom. The Kier molecular flexibility index (Phi) is 5.12. The van der Waals surface area contributed by atoms with Gasteiger partial charge < -0.3 is 10.4 Å². The molecule has 1 atom stereocenters. The molecule has 0 aliphatic carbocycles. The van der Waals surface area contributed by atoms with Crippen LogP contribution in [0.3, 0.4) is 0 Å². The number of carboxylic acids is 1. The molecule has 3 aromatic rings. The van der Waals surface area contributed by atoms with Gasteiger partial charge >= 0.3 is 5.97 Å². The van der Waals surface area contributed by atoms with Gasteiger partial charge in [-0.2, -0.15) is 5.10 Å². The van der Waals surface area contributed by atoms with Crippen LogP contribution in [0.4, 0.5) is 0 Å². The number of aryl methyl sites for hydroxylation is 1. The summed E-state index contributed by atoms with van der Waals surface area (Å²) in [5, 5.41) is 18.8. The Morgan fingerprint density at radius 2 is 1.81 bits per heavy atom. The summed E-state index contributed by atoms with van der Waals surface area (Å²) in [6.45, 7) is 1.99. The fraction of sp³-hybridized carbons (Fsp3) is 0.150. The molecule has 132 valence electrons. The number of hydrogen-bond donors (Lipinski definition) is 3. The van der Waals surface area contributed by atoms with E-state index in [1.807, 2.05) is 61.5 Å². The molecule has 0 aliphatic rings. The van der Waals surface area contributed by atoms with Gasteiger partial charge in [0.25, 0.3) is 5.91 Å². The number of nitrogens with one attached hydrogen (secondary N) is 2. The highest BCUT2D eigenvalue weighted by Gasteiger charge is 2.22. The van der Waals surface area contributed by atoms with Gasteiger partial charge in [0.15, 0.2) is 0 Å². The minimum absolute atomic E-state index is 0.209. The van der Waals surface area contributed by atoms with Crippen LogP contribution >= 0.6 is 0 Å². The standard InChI is InChI=1S/C20H19N3O3/c1-13-7-9-15(10-8-13)16-12-17(23-22-16)19(24)21-18(20(25)26)11-14-5-3-2-4-6-14/h2-10,12,18H,11H2,1H3,(H,21,24)(H,22,23)(H,25,26)/t18-/m1/s1. The van der Waals surface area contributed by atoms with Crippen molar-refractivity contribution < 1.29 is 14.7 Å². The Balaban J connectivity index is 1.72. The Bertz CT molecular complexity index is 902. The van der Waals surface area contributed by atoms with Crippen LogP contribution in [0.5, 0.6) is 0 Å². The third kappa shape index (κ3) is 4.16. The van der Waals surface area contributed by atoms with E-state index in [2.05, 4.69) is 15.5 Å². The first-order valence-electron chi connectivity index (χ1n) is 8.23. The number of aromatic amines is 1. The number of benzene rings is 2. The normalized spacial score (nSPS) is 11.7. The van der Waals surface area contributed by atoms with Crippen molar-refractivity contribution in [1.82, 2.24) is 15.5 Å². The van der Waals surface area contributed by atoms with E-state index < -0.39 is 17.9 Å². The van der Waals surface area contributed by atoms with E-state index in [-0.39, 0.29) is 12.1 Å². The summed E-state index contributed by atoms with van der Waals surface area (Å²) in [7, 11) is 0. The number of carbonyl (C=O) groups is 2. The summed E-state index contributed by atoms with van der Waals surface area (Å²) in [6.07, 6.45) is 0.209. The van der Waals surface area contributed by atoms with Crippen LogP contribution in [-0.4, -0.2) is 33.2 Å². The number of hydrogen-bond acceptors (Lipinski definition) is 3. The van der Waals surface area contributed by atoms with Crippen molar-refractivity contribution in [3.05, 3.63) is 77.5 Å². The van der Waals surface area contributed by atoms with Crippen molar-refractivity contribution in [2.24, 2.45) is 0 Å². The maximum absolute atomic E-state index is 12.4. The van der Waals surface area contributed by atoms with E-state index in [1.54, 1.807) is 6.07 Å². The largest absolute Gasteiger partial charge is 0.480 e. The van der Waals surface area contributed by atoms with Crippen molar-refractivity contribution >= 4 is 11.9 Å². The highest BCUT2D eigenvalue weighted by atomic mass is 16.4. The number of carboxylic acid groups (broad SMARTS) is 1. The molecule has 0 unspecified atom stereocenters. The summed E-state index contributed by atoms with van der Waals surface area (Å²) in [5.41, 5.74) is 3.70. The number of aliphatic carboxylic acids is 1. The first-order valence-corrected chi connectivity index (χ1v) is 8.23. The Labute approximate surface area is 150 Å². The molecule has 2 aromatic carbocycles. The molecule has 1 aromatic heterocycles. The number of carbonyl (C=O) groups excluding carboxylic acids is 1. The molecule has 6 nitrogen and oxygen atoms in total. The molecule has 0 bridgehead atoms. The van der Waals surface area contributed by atoms with E-state index in [9.17, 15) is 14.7 Å². The SMILES string of the molecule is Cc1ccc(-c2cc(C(=O)N[C@H](Cc3ccccc3)C(=O)O)[nH]n2)cc1. The fourth-order valence-corrected chi connectivity index (χ4v) is 2.60. The molecule has 3 N–H and O–H groups in total. The maximum Gasteiger partial charge on any atom is 0.326 e. The molecule has 0 aliphatic heterocycles. The van der Waals surface area contributed by atoms with Crippen molar-refractivity contribution in [3.63, 3.8) is 0 Å². The molecule has 6 heteroatoms. The van der Waals surface area contributed by atoms with Crippen molar-refractivity contribution in [3.8, 4) is 11.3 Å². The minimum Gasteiger partial charge on any atom is -0.480 e. The van der Waals surface area contributed by atoms with Crippen LogP contribution in [0.15, 0.2) is 60.7 Å². The van der Waals surface area contributed by atoms with E-state index in [0.29, 0.717) is 5.69 Å². The van der Waals surface area contributed by atoms with E-state index in [4.69, 9.17) is 0 Å². The topological polar surface area (TPSA) is 95.1 Å². The summed E-state index contributed by atoms with van der Waals surface area (Å²) in [6, 6.07) is 17.5. The highest BCUT2D eigenvalue weighted by Crippen LogP contribution is 2.18. The zero-order valence-electron chi connectivity index (χ0n) is 14.3. The lowest BCUT2D eigenvalue weighted by atomic mass is 10.1. The lowest BCUT2D eigenvalue weighted by Gasteiger charge is -2.13. The van der Waals surface area contributed by atoms with Gasteiger partial charge in [0, 0.05) is 12.0 Å². The first kappa shape index (κ1) is 17.4. The van der Waals surface area contributed by atoms with Crippen LogP contribution in [-0.2, 0) is 11.2 Å². The zero-order valence-corrected chi connectivity index (χ0v) is 14.3. The average molecular weight is 349 g/mol. The van der Waals surface area contributed by atoms with E-state index in [0.717, 1.165) is 16.7 Å². The summed E-state index contributed by atoms with van der Waals surface area (Å²) in [4.78, 5) is 23.9. The zero-order chi connectivity index (χ0) is 18.5. The molecule has 0 spiro atoms. The second-order valence-corrected chi connectivity index (χ2v) is 6.09. The third-order valence-electron chi connectivity index (χ3n) is 4.06. The molecule has 26 heavy (non-hydrogen) atoms. The summed E-state index contributed by atoms with van der Waals surface area (Å²) in [5.74, 6) is -1.58. The number of nitrogens with zero attached hydrogens (tertiary/aromatic N) is 1. The fourth-order valence-electron chi connectivity index (χ4n) is 2.60. The molecule has 0 saturated carbocycles. The van der Waals surface area contributed by atoms with Gasteiger partial charge in [0.05, 0.1) is 5.69 Å². The number of amides is 1. The van der Waals surface area contributed by atoms with Crippen LogP contribution in [0, 0.1) is 6.92 Å². The predicted molar refractivity (Wildman–Crippen MR) is 97.8 cm³/mol. The molecule has 0 fully saturated rings. The van der Waals surface area contributed by atoms with Crippen molar-refractivity contribution in [2.75, 3.05) is 0 Å². The van der Waals surface area contributed by atoms with E-state index in [1.165, 1.54) is 0 Å². The molecule has 0 saturated heterocycles. The summed E-state index contributed by atoms with van der Waals surface area (Å²) >= 11 is 0. The molecular weight excluding hydrogens is 330 g/mol. The minimum atomic E-state index is -1.08. The van der Waals surface area contributed by atoms with Crippen molar-refractivity contribution in [1.29, 1.82) is 0 Å². The second-order valence-electron chi connectivity index (χ2n) is 6.09. The lowest BCUT2D eigenvalue weighted by molar-refractivity contribution is -0.139. The van der Waals surface area contributed by atoms with Gasteiger partial charge in [0.2, 0.25) is 0 Å². The van der Waals surface area contributed by atoms with Gasteiger partial charge in [-0.05, 0) is 18.6 Å². The van der Waals surface area contributed by atoms with Crippen LogP contribution < -0.4 is 5.32 Å². The summed E-state index contributed by atoms with van der Waals surface area (Å²) < 4.78 is 0. The molecule has 0 radical (unpaired) electrons. The predicted octanol–water partition coefficient (Wildman–Crippen LogP) is 2.81. The maximum atomic E-state index is 12.4. The van der Waals surface area contributed by atoms with Gasteiger partial charge in [-0.1, -0.05) is 60.2 Å². The highest BCUT2D eigenvalue weighted by molar-refractivity contribution is 5.95. The van der Waals surface area contributed by atoms with Gasteiger partial charge in [-0.25, -0.2) is 4.79 Å². The van der Waals surface area contributed by atoms with Gasteiger partial charge in [0.1, 0.15) is 11.7 Å². The number of aromatic nitrogens is 2. The third-order valence-corrected chi connectivity index (χ3v) is 4.06. The van der Waals surface area contributed by atoms with Crippen LogP contribution in [0.25, 0.3) is 11.3 Å². The molecular formula is C20H19N3O3. The monoisotopic (exact) mass is 349 g/mol. The molecule has 3 rings (SSSR count). The Morgan fingerprint density at radius 1 is 1.12 bits per heavy atom. The van der Waals surface area contributed by atoms with Crippen LogP contribution in [0.1, 0.15) is 21.6 Å². The number of H-pyrrole nitrogens is 1. The van der Waals surface area contributed by atoms with Crippen LogP contribution in [0.2, 0.25) is 0 Å². The lowest BCUT2D eigenvalue weighted by Crippen LogP contribution is -2.42. The number of rotatable bonds is 6. The van der Waals surface area contributed by atoms with Crippen molar-refractivity contribution in [2.45, 2.75) is 19.4 Å². The first-order chi connectivity index (χ1) is 12.5. The quantitative estimate of drug-likeness (QED) is 0.638. The molecule has 1 amide bonds. The molecule has 1 heterocycles. The smallest absolute Gasteiger partial charge is 0.326 e. The second kappa shape index (κ2) is 7.65. The van der Waals surface area contributed by atoms with E-state index >= 15 is 0 Å². The van der Waals surface area contributed by atoms with Gasteiger partial charge in [-0.15, -0.1) is 0 Å². The Hall–Kier alpha value is -3.41.